The lowest BCUT2D eigenvalue weighted by molar-refractivity contribution is 0.341. The highest BCUT2D eigenvalue weighted by Gasteiger charge is 2.36. The largest absolute Gasteiger partial charge is 0.339 e. The zero-order chi connectivity index (χ0) is 14.7. The van der Waals surface area contributed by atoms with Gasteiger partial charge in [-0.25, -0.2) is 0 Å². The molecule has 1 heterocycles. The van der Waals surface area contributed by atoms with E-state index in [9.17, 15) is 0 Å². The van der Waals surface area contributed by atoms with E-state index in [1.807, 2.05) is 6.07 Å². The van der Waals surface area contributed by atoms with Crippen molar-refractivity contribution < 1.29 is 4.52 Å². The Morgan fingerprint density at radius 1 is 1.27 bits per heavy atom. The van der Waals surface area contributed by atoms with Crippen molar-refractivity contribution in [1.82, 2.24) is 10.1 Å². The predicted octanol–water partition coefficient (Wildman–Crippen LogP) is 4.12. The SMILES string of the molecule is CC(CSc1ccccc1)c1nc(C2(N)CCCC2)no1.Cl. The van der Waals surface area contributed by atoms with E-state index in [0.29, 0.717) is 11.7 Å². The molecule has 0 radical (unpaired) electrons. The molecule has 120 valence electrons. The maximum absolute atomic E-state index is 6.37. The lowest BCUT2D eigenvalue weighted by Gasteiger charge is -2.17. The molecule has 1 aliphatic carbocycles. The summed E-state index contributed by atoms with van der Waals surface area (Å²) in [7, 11) is 0. The van der Waals surface area contributed by atoms with Crippen molar-refractivity contribution in [2.24, 2.45) is 5.73 Å². The first-order valence-corrected chi connectivity index (χ1v) is 8.47. The monoisotopic (exact) mass is 339 g/mol. The number of thioether (sulfide) groups is 1. The van der Waals surface area contributed by atoms with Crippen molar-refractivity contribution in [3.63, 3.8) is 0 Å². The average Bonchev–Trinajstić information content (AvgIpc) is 3.16. The molecule has 1 atom stereocenters. The maximum atomic E-state index is 6.37. The number of nitrogens with two attached hydrogens (primary N) is 1. The number of rotatable bonds is 5. The summed E-state index contributed by atoms with van der Waals surface area (Å²) >= 11 is 1.80. The van der Waals surface area contributed by atoms with E-state index in [4.69, 9.17) is 10.3 Å². The molecule has 0 saturated heterocycles. The Hall–Kier alpha value is -1.04. The van der Waals surface area contributed by atoms with Crippen LogP contribution in [0.25, 0.3) is 0 Å². The summed E-state index contributed by atoms with van der Waals surface area (Å²) in [5, 5.41) is 4.13. The molecule has 1 saturated carbocycles. The van der Waals surface area contributed by atoms with Crippen LogP contribution in [-0.2, 0) is 5.54 Å². The number of hydrogen-bond acceptors (Lipinski definition) is 5. The van der Waals surface area contributed by atoms with Crippen molar-refractivity contribution >= 4 is 24.2 Å². The van der Waals surface area contributed by atoms with Gasteiger partial charge in [-0.2, -0.15) is 4.98 Å². The van der Waals surface area contributed by atoms with Gasteiger partial charge in [-0.1, -0.05) is 43.1 Å². The minimum absolute atomic E-state index is 0. The van der Waals surface area contributed by atoms with Gasteiger partial charge in [0.15, 0.2) is 5.82 Å². The Morgan fingerprint density at radius 2 is 1.95 bits per heavy atom. The van der Waals surface area contributed by atoms with Gasteiger partial charge in [0.2, 0.25) is 5.89 Å². The van der Waals surface area contributed by atoms with Gasteiger partial charge >= 0.3 is 0 Å². The second kappa shape index (κ2) is 7.49. The Labute approximate surface area is 141 Å². The van der Waals surface area contributed by atoms with Crippen LogP contribution in [0.2, 0.25) is 0 Å². The number of aromatic nitrogens is 2. The molecule has 1 fully saturated rings. The highest BCUT2D eigenvalue weighted by atomic mass is 35.5. The molecular weight excluding hydrogens is 318 g/mol. The van der Waals surface area contributed by atoms with Crippen molar-refractivity contribution in [3.05, 3.63) is 42.0 Å². The van der Waals surface area contributed by atoms with Gasteiger partial charge in [-0.05, 0) is 25.0 Å². The molecule has 1 aromatic carbocycles. The second-order valence-corrected chi connectivity index (χ2v) is 6.94. The molecular formula is C16H22ClN3OS. The number of hydrogen-bond donors (Lipinski definition) is 1. The summed E-state index contributed by atoms with van der Waals surface area (Å²) in [6.07, 6.45) is 4.22. The van der Waals surface area contributed by atoms with E-state index in [2.05, 4.69) is 41.3 Å². The van der Waals surface area contributed by atoms with Gasteiger partial charge in [0, 0.05) is 16.6 Å². The highest BCUT2D eigenvalue weighted by Crippen LogP contribution is 2.35. The van der Waals surface area contributed by atoms with Crippen LogP contribution >= 0.6 is 24.2 Å². The Kier molecular flexibility index (Phi) is 5.89. The van der Waals surface area contributed by atoms with Crippen LogP contribution in [0.5, 0.6) is 0 Å². The molecule has 0 aliphatic heterocycles. The van der Waals surface area contributed by atoms with Crippen LogP contribution < -0.4 is 5.73 Å². The van der Waals surface area contributed by atoms with Gasteiger partial charge in [-0.15, -0.1) is 24.2 Å². The molecule has 1 aromatic heterocycles. The number of benzene rings is 1. The summed E-state index contributed by atoms with van der Waals surface area (Å²) in [6.45, 7) is 2.12. The quantitative estimate of drug-likeness (QED) is 0.830. The van der Waals surface area contributed by atoms with E-state index in [0.717, 1.165) is 31.4 Å². The van der Waals surface area contributed by atoms with E-state index in [1.165, 1.54) is 4.90 Å². The fourth-order valence-corrected chi connectivity index (χ4v) is 3.61. The predicted molar refractivity (Wildman–Crippen MR) is 91.5 cm³/mol. The molecule has 4 nitrogen and oxygen atoms in total. The first kappa shape index (κ1) is 17.3. The first-order chi connectivity index (χ1) is 10.2. The van der Waals surface area contributed by atoms with Gasteiger partial charge in [0.1, 0.15) is 0 Å². The van der Waals surface area contributed by atoms with E-state index >= 15 is 0 Å². The Balaban J connectivity index is 0.00000176. The van der Waals surface area contributed by atoms with Crippen LogP contribution in [0.4, 0.5) is 0 Å². The fraction of sp³-hybridized carbons (Fsp3) is 0.500. The van der Waals surface area contributed by atoms with Crippen LogP contribution in [0.3, 0.4) is 0 Å². The smallest absolute Gasteiger partial charge is 0.230 e. The maximum Gasteiger partial charge on any atom is 0.230 e. The molecule has 6 heteroatoms. The van der Waals surface area contributed by atoms with Crippen molar-refractivity contribution in [2.75, 3.05) is 5.75 Å². The highest BCUT2D eigenvalue weighted by molar-refractivity contribution is 7.99. The minimum Gasteiger partial charge on any atom is -0.339 e. The van der Waals surface area contributed by atoms with Gasteiger partial charge in [-0.3, -0.25) is 0 Å². The summed E-state index contributed by atoms with van der Waals surface area (Å²) in [5.41, 5.74) is 6.00. The van der Waals surface area contributed by atoms with Crippen LogP contribution in [-0.4, -0.2) is 15.9 Å². The fourth-order valence-electron chi connectivity index (χ4n) is 2.68. The van der Waals surface area contributed by atoms with Crippen LogP contribution in [0.1, 0.15) is 50.2 Å². The van der Waals surface area contributed by atoms with E-state index < -0.39 is 0 Å². The average molecular weight is 340 g/mol. The molecule has 0 bridgehead atoms. The lowest BCUT2D eigenvalue weighted by Crippen LogP contribution is -2.34. The van der Waals surface area contributed by atoms with Crippen molar-refractivity contribution in [2.45, 2.75) is 49.0 Å². The third-order valence-corrected chi connectivity index (χ3v) is 5.32. The van der Waals surface area contributed by atoms with Crippen LogP contribution in [0, 0.1) is 0 Å². The zero-order valence-electron chi connectivity index (χ0n) is 12.7. The third kappa shape index (κ3) is 3.83. The molecule has 0 amide bonds. The normalized spacial score (nSPS) is 17.9. The van der Waals surface area contributed by atoms with Crippen LogP contribution in [0.15, 0.2) is 39.8 Å². The number of nitrogens with zero attached hydrogens (tertiary/aromatic N) is 2. The third-order valence-electron chi connectivity index (χ3n) is 4.05. The first-order valence-electron chi connectivity index (χ1n) is 7.48. The van der Waals surface area contributed by atoms with E-state index in [1.54, 1.807) is 11.8 Å². The molecule has 1 unspecified atom stereocenters. The summed E-state index contributed by atoms with van der Waals surface area (Å²) in [4.78, 5) is 5.82. The van der Waals surface area contributed by atoms with Gasteiger partial charge < -0.3 is 10.3 Å². The molecule has 22 heavy (non-hydrogen) atoms. The van der Waals surface area contributed by atoms with Crippen molar-refractivity contribution in [3.8, 4) is 0 Å². The van der Waals surface area contributed by atoms with Gasteiger partial charge in [0.25, 0.3) is 0 Å². The summed E-state index contributed by atoms with van der Waals surface area (Å²) in [5.74, 6) is 2.53. The standard InChI is InChI=1S/C16H21N3OS.ClH/c1-12(11-21-13-7-3-2-4-8-13)14-18-15(19-20-14)16(17)9-5-6-10-16;/h2-4,7-8,12H,5-6,9-11,17H2,1H3;1H. The lowest BCUT2D eigenvalue weighted by atomic mass is 9.98. The molecule has 3 rings (SSSR count). The molecule has 0 spiro atoms. The molecule has 1 aliphatic rings. The minimum atomic E-state index is -0.367. The summed E-state index contributed by atoms with van der Waals surface area (Å²) in [6, 6.07) is 10.4. The summed E-state index contributed by atoms with van der Waals surface area (Å²) < 4.78 is 5.44. The second-order valence-electron chi connectivity index (χ2n) is 5.84. The molecule has 2 aromatic rings. The topological polar surface area (TPSA) is 64.9 Å². The zero-order valence-corrected chi connectivity index (χ0v) is 14.3. The Bertz CT molecular complexity index is 584. The van der Waals surface area contributed by atoms with E-state index in [-0.39, 0.29) is 23.9 Å². The van der Waals surface area contributed by atoms with Crippen molar-refractivity contribution in [1.29, 1.82) is 0 Å². The Morgan fingerprint density at radius 3 is 2.64 bits per heavy atom. The molecule has 2 N–H and O–H groups in total. The van der Waals surface area contributed by atoms with Gasteiger partial charge in [0.05, 0.1) is 5.54 Å². The number of halogens is 1.